The maximum absolute atomic E-state index is 12.1. The van der Waals surface area contributed by atoms with Crippen molar-refractivity contribution in [2.45, 2.75) is 13.8 Å². The van der Waals surface area contributed by atoms with Gasteiger partial charge in [0.1, 0.15) is 24.7 Å². The van der Waals surface area contributed by atoms with Gasteiger partial charge in [-0.2, -0.15) is 0 Å². The van der Waals surface area contributed by atoms with Crippen molar-refractivity contribution in [2.24, 2.45) is 4.99 Å². The van der Waals surface area contributed by atoms with Crippen molar-refractivity contribution in [3.05, 3.63) is 101 Å². The Kier molecular flexibility index (Phi) is 6.13. The van der Waals surface area contributed by atoms with Crippen molar-refractivity contribution in [2.75, 3.05) is 13.2 Å². The molecular weight excluding hydrogens is 390 g/mol. The quantitative estimate of drug-likeness (QED) is 0.307. The molecule has 3 aromatic carbocycles. The van der Waals surface area contributed by atoms with Crippen molar-refractivity contribution < 1.29 is 19.0 Å². The minimum atomic E-state index is -0.456. The molecule has 0 atom stereocenters. The minimum absolute atomic E-state index is 0.273. The van der Waals surface area contributed by atoms with Gasteiger partial charge in [-0.05, 0) is 61.4 Å². The first-order valence-corrected chi connectivity index (χ1v) is 10.1. The van der Waals surface area contributed by atoms with E-state index in [0.717, 1.165) is 28.2 Å². The van der Waals surface area contributed by atoms with Crippen LogP contribution in [0.15, 0.2) is 83.5 Å². The topological polar surface area (TPSA) is 57.1 Å². The van der Waals surface area contributed by atoms with Crippen molar-refractivity contribution in [1.29, 1.82) is 0 Å². The Bertz CT molecular complexity index is 1130. The first-order valence-electron chi connectivity index (χ1n) is 10.1. The van der Waals surface area contributed by atoms with Crippen LogP contribution in [0.4, 0.5) is 0 Å². The number of cyclic esters (lactones) is 1. The minimum Gasteiger partial charge on any atom is -0.490 e. The lowest BCUT2D eigenvalue weighted by atomic mass is 10.1. The van der Waals surface area contributed by atoms with Crippen molar-refractivity contribution in [1.82, 2.24) is 0 Å². The molecule has 1 heterocycles. The van der Waals surface area contributed by atoms with Gasteiger partial charge in [0, 0.05) is 5.56 Å². The molecule has 0 amide bonds. The molecule has 156 valence electrons. The molecule has 5 heteroatoms. The Morgan fingerprint density at radius 3 is 2.39 bits per heavy atom. The standard InChI is InChI=1S/C26H23NO4/c1-18-8-13-24(19(2)16-18)30-15-14-29-22-11-9-20(10-12-22)17-23-26(28)31-25(27-23)21-6-4-3-5-7-21/h3-13,16-17H,14-15H2,1-2H3. The Hall–Kier alpha value is -3.86. The molecule has 0 bridgehead atoms. The molecule has 0 saturated carbocycles. The summed E-state index contributed by atoms with van der Waals surface area (Å²) in [4.78, 5) is 16.4. The third-order valence-electron chi connectivity index (χ3n) is 4.76. The van der Waals surface area contributed by atoms with E-state index in [0.29, 0.717) is 19.1 Å². The maximum atomic E-state index is 12.1. The zero-order valence-electron chi connectivity index (χ0n) is 17.5. The Labute approximate surface area is 181 Å². The van der Waals surface area contributed by atoms with E-state index in [1.807, 2.05) is 73.7 Å². The first-order chi connectivity index (χ1) is 15.1. The van der Waals surface area contributed by atoms with Crippen molar-refractivity contribution in [3.8, 4) is 11.5 Å². The maximum Gasteiger partial charge on any atom is 0.363 e. The van der Waals surface area contributed by atoms with Crippen LogP contribution in [0.25, 0.3) is 6.08 Å². The van der Waals surface area contributed by atoms with Gasteiger partial charge in [-0.1, -0.05) is 48.0 Å². The fourth-order valence-electron chi connectivity index (χ4n) is 3.20. The highest BCUT2D eigenvalue weighted by Gasteiger charge is 2.23. The zero-order chi connectivity index (χ0) is 21.6. The van der Waals surface area contributed by atoms with E-state index in [1.54, 1.807) is 6.08 Å². The fourth-order valence-corrected chi connectivity index (χ4v) is 3.20. The number of aliphatic imine (C=N–C) groups is 1. The smallest absolute Gasteiger partial charge is 0.363 e. The molecule has 1 aliphatic heterocycles. The lowest BCUT2D eigenvalue weighted by Crippen LogP contribution is -2.09. The number of esters is 1. The molecule has 0 aromatic heterocycles. The van der Waals surface area contributed by atoms with Gasteiger partial charge in [0.2, 0.25) is 5.90 Å². The lowest BCUT2D eigenvalue weighted by molar-refractivity contribution is -0.129. The van der Waals surface area contributed by atoms with Gasteiger partial charge in [0.25, 0.3) is 0 Å². The molecule has 4 rings (SSSR count). The number of hydrogen-bond acceptors (Lipinski definition) is 5. The van der Waals surface area contributed by atoms with Gasteiger partial charge < -0.3 is 14.2 Å². The number of hydrogen-bond donors (Lipinski definition) is 0. The monoisotopic (exact) mass is 413 g/mol. The second-order valence-corrected chi connectivity index (χ2v) is 7.24. The highest BCUT2D eigenvalue weighted by atomic mass is 16.6. The average molecular weight is 413 g/mol. The van der Waals surface area contributed by atoms with Crippen LogP contribution in [0.1, 0.15) is 22.3 Å². The van der Waals surface area contributed by atoms with Gasteiger partial charge in [-0.3, -0.25) is 0 Å². The second-order valence-electron chi connectivity index (χ2n) is 7.24. The average Bonchev–Trinajstić information content (AvgIpc) is 3.14. The fraction of sp³-hybridized carbons (Fsp3) is 0.154. The predicted molar refractivity (Wildman–Crippen MR) is 120 cm³/mol. The molecule has 0 spiro atoms. The number of nitrogens with zero attached hydrogens (tertiary/aromatic N) is 1. The van der Waals surface area contributed by atoms with Crippen LogP contribution in [-0.2, 0) is 9.53 Å². The summed E-state index contributed by atoms with van der Waals surface area (Å²) in [6.07, 6.45) is 1.70. The zero-order valence-corrected chi connectivity index (χ0v) is 17.5. The highest BCUT2D eigenvalue weighted by molar-refractivity contribution is 6.12. The lowest BCUT2D eigenvalue weighted by Gasteiger charge is -2.11. The molecule has 0 fully saturated rings. The summed E-state index contributed by atoms with van der Waals surface area (Å²) < 4.78 is 16.8. The summed E-state index contributed by atoms with van der Waals surface area (Å²) in [5, 5.41) is 0. The van der Waals surface area contributed by atoms with Gasteiger partial charge in [0.05, 0.1) is 0 Å². The first kappa shape index (κ1) is 20.4. The van der Waals surface area contributed by atoms with E-state index in [1.165, 1.54) is 5.56 Å². The van der Waals surface area contributed by atoms with Crippen molar-refractivity contribution in [3.63, 3.8) is 0 Å². The van der Waals surface area contributed by atoms with E-state index in [9.17, 15) is 4.79 Å². The molecule has 5 nitrogen and oxygen atoms in total. The number of benzene rings is 3. The van der Waals surface area contributed by atoms with Crippen LogP contribution >= 0.6 is 0 Å². The molecular formula is C26H23NO4. The van der Waals surface area contributed by atoms with E-state index in [-0.39, 0.29) is 5.70 Å². The summed E-state index contributed by atoms with van der Waals surface area (Å²) in [6.45, 7) is 4.98. The molecule has 31 heavy (non-hydrogen) atoms. The summed E-state index contributed by atoms with van der Waals surface area (Å²) in [5.74, 6) is 1.47. The van der Waals surface area contributed by atoms with E-state index in [4.69, 9.17) is 14.2 Å². The van der Waals surface area contributed by atoms with E-state index >= 15 is 0 Å². The van der Waals surface area contributed by atoms with Crippen LogP contribution in [-0.4, -0.2) is 25.1 Å². The number of carbonyl (C=O) groups is 1. The summed E-state index contributed by atoms with van der Waals surface area (Å²) >= 11 is 0. The Balaban J connectivity index is 1.33. The third kappa shape index (κ3) is 5.20. The van der Waals surface area contributed by atoms with E-state index in [2.05, 4.69) is 18.0 Å². The summed E-state index contributed by atoms with van der Waals surface area (Å²) in [7, 11) is 0. The summed E-state index contributed by atoms with van der Waals surface area (Å²) in [5.41, 5.74) is 4.20. The van der Waals surface area contributed by atoms with Gasteiger partial charge in [-0.25, -0.2) is 9.79 Å². The van der Waals surface area contributed by atoms with Crippen LogP contribution in [0, 0.1) is 13.8 Å². The van der Waals surface area contributed by atoms with Crippen LogP contribution < -0.4 is 9.47 Å². The molecule has 3 aromatic rings. The van der Waals surface area contributed by atoms with Crippen LogP contribution in [0.3, 0.4) is 0 Å². The van der Waals surface area contributed by atoms with Gasteiger partial charge >= 0.3 is 5.97 Å². The Morgan fingerprint density at radius 1 is 0.903 bits per heavy atom. The molecule has 0 N–H and O–H groups in total. The Morgan fingerprint density at radius 2 is 1.65 bits per heavy atom. The normalized spacial score (nSPS) is 14.3. The van der Waals surface area contributed by atoms with Crippen molar-refractivity contribution >= 4 is 17.9 Å². The number of aryl methyl sites for hydroxylation is 2. The number of carbonyl (C=O) groups excluding carboxylic acids is 1. The van der Waals surface area contributed by atoms with E-state index < -0.39 is 5.97 Å². The molecule has 0 aliphatic carbocycles. The molecule has 0 unspecified atom stereocenters. The van der Waals surface area contributed by atoms with Crippen LogP contribution in [0.2, 0.25) is 0 Å². The largest absolute Gasteiger partial charge is 0.490 e. The summed E-state index contributed by atoms with van der Waals surface area (Å²) in [6, 6.07) is 22.9. The molecule has 0 saturated heterocycles. The molecule has 0 radical (unpaired) electrons. The van der Waals surface area contributed by atoms with Gasteiger partial charge in [-0.15, -0.1) is 0 Å². The highest BCUT2D eigenvalue weighted by Crippen LogP contribution is 2.21. The second kappa shape index (κ2) is 9.30. The predicted octanol–water partition coefficient (Wildman–Crippen LogP) is 5.11. The van der Waals surface area contributed by atoms with Crippen LogP contribution in [0.5, 0.6) is 11.5 Å². The third-order valence-corrected chi connectivity index (χ3v) is 4.76. The number of ether oxygens (including phenoxy) is 3. The molecule has 1 aliphatic rings. The SMILES string of the molecule is Cc1ccc(OCCOc2ccc(C=C3N=C(c4ccccc4)OC3=O)cc2)c(C)c1. The number of rotatable bonds is 7. The van der Waals surface area contributed by atoms with Gasteiger partial charge in [0.15, 0.2) is 5.70 Å².